The monoisotopic (exact) mass is 349 g/mol. The molecule has 24 heavy (non-hydrogen) atoms. The number of hydrogen-bond acceptors (Lipinski definition) is 7. The Balaban J connectivity index is 1.54. The fraction of sp³-hybridized carbons (Fsp3) is 0.688. The fourth-order valence-electron chi connectivity index (χ4n) is 3.64. The molecule has 7 nitrogen and oxygen atoms in total. The third kappa shape index (κ3) is 3.31. The van der Waals surface area contributed by atoms with E-state index in [-0.39, 0.29) is 5.92 Å². The maximum atomic E-state index is 5.46. The number of rotatable bonds is 5. The van der Waals surface area contributed by atoms with E-state index < -0.39 is 0 Å². The van der Waals surface area contributed by atoms with Gasteiger partial charge in [-0.05, 0) is 18.8 Å². The van der Waals surface area contributed by atoms with Gasteiger partial charge in [-0.1, -0.05) is 11.3 Å². The van der Waals surface area contributed by atoms with Crippen LogP contribution in [0, 0.1) is 5.92 Å². The van der Waals surface area contributed by atoms with Crippen molar-refractivity contribution in [2.24, 2.45) is 5.92 Å². The first-order valence-electron chi connectivity index (χ1n) is 8.47. The minimum absolute atomic E-state index is 0.276. The van der Waals surface area contributed by atoms with Crippen LogP contribution in [0.2, 0.25) is 0 Å². The molecule has 0 aliphatic carbocycles. The van der Waals surface area contributed by atoms with E-state index in [4.69, 9.17) is 14.6 Å². The van der Waals surface area contributed by atoms with Crippen LogP contribution < -0.4 is 4.90 Å². The summed E-state index contributed by atoms with van der Waals surface area (Å²) in [7, 11) is 1.75. The van der Waals surface area contributed by atoms with Gasteiger partial charge in [0.1, 0.15) is 5.51 Å². The Morgan fingerprint density at radius 3 is 3.00 bits per heavy atom. The Morgan fingerprint density at radius 1 is 1.38 bits per heavy atom. The van der Waals surface area contributed by atoms with Crippen LogP contribution in [0.25, 0.3) is 0 Å². The highest BCUT2D eigenvalue weighted by molar-refractivity contribution is 7.13. The average molecular weight is 349 g/mol. The lowest BCUT2D eigenvalue weighted by atomic mass is 9.98. The van der Waals surface area contributed by atoms with Crippen molar-refractivity contribution in [3.05, 3.63) is 23.0 Å². The number of fused-ring (bicyclic) bond motifs is 1. The van der Waals surface area contributed by atoms with Gasteiger partial charge in [0.15, 0.2) is 0 Å². The van der Waals surface area contributed by atoms with Crippen molar-refractivity contribution in [1.29, 1.82) is 0 Å². The van der Waals surface area contributed by atoms with Crippen molar-refractivity contribution >= 4 is 16.5 Å². The maximum Gasteiger partial charge on any atom is 0.208 e. The van der Waals surface area contributed by atoms with E-state index in [1.807, 2.05) is 0 Å². The van der Waals surface area contributed by atoms with Gasteiger partial charge in [-0.3, -0.25) is 4.68 Å². The van der Waals surface area contributed by atoms with Crippen molar-refractivity contribution in [2.75, 3.05) is 38.4 Å². The summed E-state index contributed by atoms with van der Waals surface area (Å²) < 4.78 is 13.0. The molecule has 4 rings (SSSR count). The molecule has 1 saturated heterocycles. The van der Waals surface area contributed by atoms with Crippen molar-refractivity contribution in [2.45, 2.75) is 31.8 Å². The van der Waals surface area contributed by atoms with Gasteiger partial charge in [0.2, 0.25) is 5.13 Å². The highest BCUT2D eigenvalue weighted by Crippen LogP contribution is 2.31. The summed E-state index contributed by atoms with van der Waals surface area (Å²) >= 11 is 1.58. The molecule has 1 atom stereocenters. The molecule has 0 aromatic carbocycles. The highest BCUT2D eigenvalue weighted by atomic mass is 32.1. The van der Waals surface area contributed by atoms with Gasteiger partial charge in [-0.15, -0.1) is 10.2 Å². The molecule has 2 aromatic rings. The van der Waals surface area contributed by atoms with Gasteiger partial charge >= 0.3 is 0 Å². The Morgan fingerprint density at radius 2 is 2.25 bits per heavy atom. The van der Waals surface area contributed by atoms with Crippen LogP contribution in [0.15, 0.2) is 11.7 Å². The second-order valence-electron chi connectivity index (χ2n) is 6.57. The topological polar surface area (TPSA) is 65.3 Å². The Hall–Kier alpha value is -1.51. The number of anilines is 1. The summed E-state index contributed by atoms with van der Waals surface area (Å²) in [6, 6.07) is 0. The third-order valence-corrected chi connectivity index (χ3v) is 5.58. The minimum Gasteiger partial charge on any atom is -0.384 e. The molecular weight excluding hydrogens is 326 g/mol. The summed E-state index contributed by atoms with van der Waals surface area (Å²) in [5, 5.41) is 14.1. The molecule has 2 aliphatic heterocycles. The van der Waals surface area contributed by atoms with E-state index in [2.05, 4.69) is 26.0 Å². The number of nitrogens with zero attached hydrogens (tertiary/aromatic N) is 5. The zero-order chi connectivity index (χ0) is 16.4. The zero-order valence-electron chi connectivity index (χ0n) is 13.9. The van der Waals surface area contributed by atoms with E-state index in [9.17, 15) is 0 Å². The Bertz CT molecular complexity index is 653. The normalized spacial score (nSPS) is 21.9. The van der Waals surface area contributed by atoms with Crippen LogP contribution in [0.1, 0.15) is 30.0 Å². The number of aromatic nitrogens is 4. The standard InChI is InChI=1S/C16H23N5O2S/c1-22-10-14-8-20(16-18-17-11-24-16)7-13-9-21(19-15(13)14)6-12-2-4-23-5-3-12/h9,11-12,14H,2-8,10H2,1H3. The Labute approximate surface area is 145 Å². The highest BCUT2D eigenvalue weighted by Gasteiger charge is 2.30. The average Bonchev–Trinajstić information content (AvgIpc) is 3.25. The summed E-state index contributed by atoms with van der Waals surface area (Å²) in [5.41, 5.74) is 4.25. The quantitative estimate of drug-likeness (QED) is 0.822. The molecule has 0 radical (unpaired) electrons. The molecule has 130 valence electrons. The van der Waals surface area contributed by atoms with E-state index >= 15 is 0 Å². The number of hydrogen-bond donors (Lipinski definition) is 0. The fourth-order valence-corrected chi connectivity index (χ4v) is 4.21. The minimum atomic E-state index is 0.276. The molecule has 2 aliphatic rings. The predicted molar refractivity (Wildman–Crippen MR) is 91.3 cm³/mol. The summed E-state index contributed by atoms with van der Waals surface area (Å²) in [4.78, 5) is 2.28. The lowest BCUT2D eigenvalue weighted by molar-refractivity contribution is 0.0601. The van der Waals surface area contributed by atoms with Gasteiger partial charge in [0, 0.05) is 57.6 Å². The van der Waals surface area contributed by atoms with E-state index in [0.29, 0.717) is 12.5 Å². The molecule has 1 fully saturated rings. The van der Waals surface area contributed by atoms with Crippen LogP contribution >= 0.6 is 11.3 Å². The smallest absolute Gasteiger partial charge is 0.208 e. The predicted octanol–water partition coefficient (Wildman–Crippen LogP) is 1.91. The van der Waals surface area contributed by atoms with Crippen LogP contribution in [-0.4, -0.2) is 53.5 Å². The van der Waals surface area contributed by atoms with Crippen molar-refractivity contribution < 1.29 is 9.47 Å². The van der Waals surface area contributed by atoms with Crippen LogP contribution in [-0.2, 0) is 22.6 Å². The Kier molecular flexibility index (Phi) is 4.77. The lowest BCUT2D eigenvalue weighted by Crippen LogP contribution is -2.35. The van der Waals surface area contributed by atoms with Crippen molar-refractivity contribution in [3.8, 4) is 0 Å². The second-order valence-corrected chi connectivity index (χ2v) is 7.38. The van der Waals surface area contributed by atoms with E-state index in [0.717, 1.165) is 50.8 Å². The van der Waals surface area contributed by atoms with E-state index in [1.165, 1.54) is 11.3 Å². The molecule has 8 heteroatoms. The zero-order valence-corrected chi connectivity index (χ0v) is 14.7. The molecule has 0 saturated carbocycles. The second kappa shape index (κ2) is 7.16. The van der Waals surface area contributed by atoms with Gasteiger partial charge in [0.05, 0.1) is 12.3 Å². The van der Waals surface area contributed by atoms with Crippen LogP contribution in [0.4, 0.5) is 5.13 Å². The van der Waals surface area contributed by atoms with Gasteiger partial charge in [0.25, 0.3) is 0 Å². The van der Waals surface area contributed by atoms with Crippen molar-refractivity contribution in [3.63, 3.8) is 0 Å². The number of methoxy groups -OCH3 is 1. The molecule has 0 N–H and O–H groups in total. The van der Waals surface area contributed by atoms with Crippen molar-refractivity contribution in [1.82, 2.24) is 20.0 Å². The first-order chi connectivity index (χ1) is 11.8. The largest absolute Gasteiger partial charge is 0.384 e. The first kappa shape index (κ1) is 16.0. The van der Waals surface area contributed by atoms with Gasteiger partial charge in [-0.25, -0.2) is 0 Å². The van der Waals surface area contributed by atoms with E-state index in [1.54, 1.807) is 24.0 Å². The molecule has 2 aromatic heterocycles. The molecule has 0 spiro atoms. The first-order valence-corrected chi connectivity index (χ1v) is 9.35. The molecule has 0 amide bonds. The molecule has 0 bridgehead atoms. The van der Waals surface area contributed by atoms with Crippen LogP contribution in [0.5, 0.6) is 0 Å². The van der Waals surface area contributed by atoms with Gasteiger partial charge < -0.3 is 14.4 Å². The molecule has 4 heterocycles. The molecule has 1 unspecified atom stereocenters. The summed E-state index contributed by atoms with van der Waals surface area (Å²) in [5.74, 6) is 0.943. The molecular formula is C16H23N5O2S. The number of ether oxygens (including phenoxy) is 2. The lowest BCUT2D eigenvalue weighted by Gasteiger charge is -2.30. The van der Waals surface area contributed by atoms with Crippen LogP contribution in [0.3, 0.4) is 0 Å². The van der Waals surface area contributed by atoms with Gasteiger partial charge in [-0.2, -0.15) is 5.10 Å². The maximum absolute atomic E-state index is 5.46. The third-order valence-electron chi connectivity index (χ3n) is 4.83. The summed E-state index contributed by atoms with van der Waals surface area (Å²) in [6.07, 6.45) is 4.46. The summed E-state index contributed by atoms with van der Waals surface area (Å²) in [6.45, 7) is 5.14. The SMILES string of the molecule is COCC1CN(c2nncs2)Cc2cn(CC3CCOCC3)nc21.